The molecule has 3 atom stereocenters. The van der Waals surface area contributed by atoms with Crippen LogP contribution >= 0.6 is 23.2 Å². The van der Waals surface area contributed by atoms with Gasteiger partial charge in [0.1, 0.15) is 6.10 Å². The van der Waals surface area contributed by atoms with E-state index in [1.807, 2.05) is 0 Å². The predicted octanol–water partition coefficient (Wildman–Crippen LogP) is 6.68. The highest BCUT2D eigenvalue weighted by molar-refractivity contribution is 6.42. The number of hydrogen-bond donors (Lipinski definition) is 0. The molecule has 2 aromatic carbocycles. The fraction of sp³-hybridized carbons (Fsp3) is 0.350. The quantitative estimate of drug-likeness (QED) is 0.357. The van der Waals surface area contributed by atoms with Crippen LogP contribution < -0.4 is 0 Å². The lowest BCUT2D eigenvalue weighted by Gasteiger charge is -2.23. The first-order chi connectivity index (χ1) is 14.3. The van der Waals surface area contributed by atoms with Crippen LogP contribution in [0.15, 0.2) is 36.4 Å². The fourth-order valence-corrected chi connectivity index (χ4v) is 3.85. The van der Waals surface area contributed by atoms with E-state index in [1.165, 1.54) is 25.3 Å². The molecule has 0 N–H and O–H groups in total. The number of esters is 1. The van der Waals surface area contributed by atoms with E-state index >= 15 is 0 Å². The van der Waals surface area contributed by atoms with E-state index < -0.39 is 53.0 Å². The number of methoxy groups -OCH3 is 1. The zero-order chi connectivity index (χ0) is 23.1. The van der Waals surface area contributed by atoms with Crippen molar-refractivity contribution in [3.05, 3.63) is 68.7 Å². The molecular formula is C20H14Cl2F6O3. The molecule has 2 aromatic rings. The number of ether oxygens (including phenoxy) is 2. The van der Waals surface area contributed by atoms with Crippen molar-refractivity contribution < 1.29 is 40.6 Å². The first-order valence-corrected chi connectivity index (χ1v) is 9.52. The molecule has 0 bridgehead atoms. The summed E-state index contributed by atoms with van der Waals surface area (Å²) in [6, 6.07) is 5.40. The average molecular weight is 487 g/mol. The third-order valence-corrected chi connectivity index (χ3v) is 5.66. The summed E-state index contributed by atoms with van der Waals surface area (Å²) in [4.78, 5) is 12.4. The van der Waals surface area contributed by atoms with Gasteiger partial charge in [0.2, 0.25) is 0 Å². The lowest BCUT2D eigenvalue weighted by molar-refractivity contribution is -0.145. The third kappa shape index (κ3) is 4.94. The summed E-state index contributed by atoms with van der Waals surface area (Å²) in [5, 5.41) is 0.294. The molecule has 31 heavy (non-hydrogen) atoms. The van der Waals surface area contributed by atoms with Crippen LogP contribution in [0.5, 0.6) is 0 Å². The molecule has 0 saturated carbocycles. The number of rotatable bonds is 4. The van der Waals surface area contributed by atoms with E-state index in [2.05, 4.69) is 0 Å². The molecule has 0 radical (unpaired) electrons. The van der Waals surface area contributed by atoms with Crippen LogP contribution in [0.25, 0.3) is 0 Å². The minimum absolute atomic E-state index is 0.0150. The highest BCUT2D eigenvalue weighted by atomic mass is 35.5. The number of carbonyl (C=O) groups excluding carboxylic acids is 1. The van der Waals surface area contributed by atoms with Crippen LogP contribution in [0.1, 0.15) is 34.3 Å². The molecular weight excluding hydrogens is 473 g/mol. The second kappa shape index (κ2) is 8.52. The Bertz CT molecular complexity index is 958. The Morgan fingerprint density at radius 3 is 1.97 bits per heavy atom. The second-order valence-corrected chi connectivity index (χ2v) is 7.77. The monoisotopic (exact) mass is 486 g/mol. The number of hydrogen-bond acceptors (Lipinski definition) is 3. The van der Waals surface area contributed by atoms with Crippen molar-refractivity contribution in [1.29, 1.82) is 0 Å². The van der Waals surface area contributed by atoms with Gasteiger partial charge in [-0.05, 0) is 41.5 Å². The molecule has 11 heteroatoms. The average Bonchev–Trinajstić information content (AvgIpc) is 2.99. The van der Waals surface area contributed by atoms with Gasteiger partial charge in [-0.15, -0.1) is 0 Å². The van der Waals surface area contributed by atoms with Gasteiger partial charge in [0.25, 0.3) is 0 Å². The van der Waals surface area contributed by atoms with Gasteiger partial charge in [0.15, 0.2) is 0 Å². The standard InChI is InChI=1S/C20H14Cl2F6O3/c1-30-8-13-16(9-2-3-14(21)15(22)6-9)17(31-18(13)29)10-4-11(19(23,24)25)7-12(5-10)20(26,27)28/h2-7,13,16-17H,8H2,1H3. The SMILES string of the molecule is COCC1C(=O)OC(c2cc(C(F)(F)F)cc(C(F)(F)F)c2)C1c1ccc(Cl)c(Cl)c1. The van der Waals surface area contributed by atoms with Crippen LogP contribution in [0, 0.1) is 5.92 Å². The highest BCUT2D eigenvalue weighted by Crippen LogP contribution is 2.49. The summed E-state index contributed by atoms with van der Waals surface area (Å²) in [7, 11) is 1.30. The smallest absolute Gasteiger partial charge is 0.416 e. The Morgan fingerprint density at radius 1 is 0.903 bits per heavy atom. The maximum Gasteiger partial charge on any atom is 0.416 e. The predicted molar refractivity (Wildman–Crippen MR) is 99.8 cm³/mol. The van der Waals surface area contributed by atoms with E-state index in [4.69, 9.17) is 32.7 Å². The number of halogens is 8. The van der Waals surface area contributed by atoms with E-state index in [-0.39, 0.29) is 22.7 Å². The van der Waals surface area contributed by atoms with Gasteiger partial charge in [-0.25, -0.2) is 0 Å². The number of cyclic esters (lactones) is 1. The largest absolute Gasteiger partial charge is 0.457 e. The summed E-state index contributed by atoms with van der Waals surface area (Å²) in [6.45, 7) is -0.161. The summed E-state index contributed by atoms with van der Waals surface area (Å²) in [5.41, 5.74) is -3.09. The lowest BCUT2D eigenvalue weighted by Crippen LogP contribution is -2.21. The Hall–Kier alpha value is -1.97. The van der Waals surface area contributed by atoms with Crippen molar-refractivity contribution in [2.24, 2.45) is 5.92 Å². The van der Waals surface area contributed by atoms with Crippen LogP contribution in [0.2, 0.25) is 10.0 Å². The van der Waals surface area contributed by atoms with Crippen molar-refractivity contribution in [2.45, 2.75) is 24.4 Å². The van der Waals surface area contributed by atoms with Crippen molar-refractivity contribution >= 4 is 29.2 Å². The zero-order valence-corrected chi connectivity index (χ0v) is 17.2. The molecule has 0 spiro atoms. The maximum atomic E-state index is 13.3. The number of benzene rings is 2. The molecule has 0 aromatic heterocycles. The Balaban J connectivity index is 2.18. The fourth-order valence-electron chi connectivity index (χ4n) is 3.54. The van der Waals surface area contributed by atoms with Gasteiger partial charge in [-0.1, -0.05) is 29.3 Å². The Kier molecular flexibility index (Phi) is 6.51. The van der Waals surface area contributed by atoms with Crippen molar-refractivity contribution in [2.75, 3.05) is 13.7 Å². The van der Waals surface area contributed by atoms with Gasteiger partial charge in [-0.2, -0.15) is 26.3 Å². The van der Waals surface area contributed by atoms with E-state index in [9.17, 15) is 31.1 Å². The van der Waals surface area contributed by atoms with Gasteiger partial charge in [0.05, 0.1) is 33.7 Å². The molecule has 3 rings (SSSR count). The Labute approximate surface area is 182 Å². The van der Waals surface area contributed by atoms with Crippen molar-refractivity contribution in [3.63, 3.8) is 0 Å². The maximum absolute atomic E-state index is 13.3. The minimum Gasteiger partial charge on any atom is -0.457 e. The molecule has 3 nitrogen and oxygen atoms in total. The number of alkyl halides is 6. The molecule has 168 valence electrons. The van der Waals surface area contributed by atoms with Crippen molar-refractivity contribution in [3.8, 4) is 0 Å². The van der Waals surface area contributed by atoms with Crippen LogP contribution in [0.3, 0.4) is 0 Å². The van der Waals surface area contributed by atoms with Crippen molar-refractivity contribution in [1.82, 2.24) is 0 Å². The zero-order valence-electron chi connectivity index (χ0n) is 15.7. The van der Waals surface area contributed by atoms with E-state index in [1.54, 1.807) is 0 Å². The molecule has 0 aliphatic carbocycles. The molecule has 1 heterocycles. The first-order valence-electron chi connectivity index (χ1n) is 8.76. The summed E-state index contributed by atoms with van der Waals surface area (Å²) in [6.07, 6.45) is -11.5. The molecule has 1 aliphatic rings. The van der Waals surface area contributed by atoms with Crippen LogP contribution in [-0.4, -0.2) is 19.7 Å². The van der Waals surface area contributed by atoms with E-state index in [0.717, 1.165) is 0 Å². The molecule has 1 aliphatic heterocycles. The van der Waals surface area contributed by atoms with Gasteiger partial charge < -0.3 is 9.47 Å². The van der Waals surface area contributed by atoms with Crippen LogP contribution in [0.4, 0.5) is 26.3 Å². The topological polar surface area (TPSA) is 35.5 Å². The summed E-state index contributed by atoms with van der Waals surface area (Å²) in [5.74, 6) is -2.74. The van der Waals surface area contributed by atoms with Gasteiger partial charge >= 0.3 is 18.3 Å². The summed E-state index contributed by atoms with van der Waals surface area (Å²) < 4.78 is 90.0. The molecule has 1 fully saturated rings. The second-order valence-electron chi connectivity index (χ2n) is 6.96. The minimum atomic E-state index is -5.04. The van der Waals surface area contributed by atoms with Crippen LogP contribution in [-0.2, 0) is 26.6 Å². The highest BCUT2D eigenvalue weighted by Gasteiger charge is 2.48. The normalized spacial score (nSPS) is 22.0. The molecule has 3 unspecified atom stereocenters. The first kappa shape index (κ1) is 23.7. The molecule has 0 amide bonds. The summed E-state index contributed by atoms with van der Waals surface area (Å²) >= 11 is 11.9. The Morgan fingerprint density at radius 2 is 1.48 bits per heavy atom. The van der Waals surface area contributed by atoms with E-state index in [0.29, 0.717) is 17.7 Å². The third-order valence-electron chi connectivity index (χ3n) is 4.92. The lowest BCUT2D eigenvalue weighted by atomic mass is 9.81. The number of carbonyl (C=O) groups is 1. The van der Waals surface area contributed by atoms with Gasteiger partial charge in [0, 0.05) is 13.0 Å². The van der Waals surface area contributed by atoms with Gasteiger partial charge in [-0.3, -0.25) is 4.79 Å². The molecule has 1 saturated heterocycles.